The molecule has 0 aromatic carbocycles. The Labute approximate surface area is 96.6 Å². The second-order valence-electron chi connectivity index (χ2n) is 4.39. The first-order valence-corrected chi connectivity index (χ1v) is 6.05. The third-order valence-corrected chi connectivity index (χ3v) is 3.06. The fourth-order valence-corrected chi connectivity index (χ4v) is 2.10. The van der Waals surface area contributed by atoms with E-state index >= 15 is 0 Å². The Bertz CT molecular complexity index is 256. The standard InChI is InChI=1S/C11H21N3O2/c1-3-12-11(16)13-10(15)8-14-7-5-4-6-9(14)2/h9H,3-8H2,1-2H3,(H2,12,13,15,16)/p+1/t9-/m0/s1. The van der Waals surface area contributed by atoms with Gasteiger partial charge >= 0.3 is 6.03 Å². The molecule has 3 N–H and O–H groups in total. The lowest BCUT2D eigenvalue weighted by atomic mass is 10.0. The number of hydrogen-bond donors (Lipinski definition) is 3. The molecule has 92 valence electrons. The van der Waals surface area contributed by atoms with Crippen molar-refractivity contribution in [3.8, 4) is 0 Å². The largest absolute Gasteiger partial charge is 0.338 e. The fourth-order valence-electron chi connectivity index (χ4n) is 2.10. The van der Waals surface area contributed by atoms with Gasteiger partial charge in [-0.25, -0.2) is 4.79 Å². The van der Waals surface area contributed by atoms with Crippen LogP contribution in [0.5, 0.6) is 0 Å². The molecule has 0 spiro atoms. The third-order valence-electron chi connectivity index (χ3n) is 3.06. The van der Waals surface area contributed by atoms with Crippen LogP contribution in [0.25, 0.3) is 0 Å². The van der Waals surface area contributed by atoms with Crippen LogP contribution in [-0.4, -0.2) is 37.6 Å². The Kier molecular flexibility index (Phi) is 5.25. The predicted molar refractivity (Wildman–Crippen MR) is 61.2 cm³/mol. The number of quaternary nitrogens is 1. The number of rotatable bonds is 3. The van der Waals surface area contributed by atoms with Crippen LogP contribution < -0.4 is 15.5 Å². The number of imide groups is 1. The van der Waals surface area contributed by atoms with Gasteiger partial charge in [-0.3, -0.25) is 10.1 Å². The zero-order valence-electron chi connectivity index (χ0n) is 10.1. The van der Waals surface area contributed by atoms with Crippen LogP contribution in [-0.2, 0) is 4.79 Å². The van der Waals surface area contributed by atoms with Gasteiger partial charge in [-0.2, -0.15) is 0 Å². The van der Waals surface area contributed by atoms with Crippen molar-refractivity contribution in [2.75, 3.05) is 19.6 Å². The number of nitrogens with one attached hydrogen (secondary N) is 3. The second kappa shape index (κ2) is 6.48. The average molecular weight is 228 g/mol. The highest BCUT2D eigenvalue weighted by Crippen LogP contribution is 2.01. The molecule has 1 aliphatic heterocycles. The second-order valence-corrected chi connectivity index (χ2v) is 4.39. The van der Waals surface area contributed by atoms with Gasteiger partial charge in [-0.05, 0) is 33.1 Å². The van der Waals surface area contributed by atoms with Crippen LogP contribution >= 0.6 is 0 Å². The number of amides is 3. The maximum Gasteiger partial charge on any atom is 0.321 e. The van der Waals surface area contributed by atoms with Gasteiger partial charge < -0.3 is 10.2 Å². The Balaban J connectivity index is 2.30. The summed E-state index contributed by atoms with van der Waals surface area (Å²) in [6, 6.07) is 0.130. The van der Waals surface area contributed by atoms with Gasteiger partial charge in [0.05, 0.1) is 12.6 Å². The van der Waals surface area contributed by atoms with Crippen molar-refractivity contribution in [1.82, 2.24) is 10.6 Å². The minimum atomic E-state index is -0.392. The summed E-state index contributed by atoms with van der Waals surface area (Å²) in [7, 11) is 0. The lowest BCUT2D eigenvalue weighted by molar-refractivity contribution is -0.920. The van der Waals surface area contributed by atoms with E-state index in [1.54, 1.807) is 0 Å². The molecule has 1 fully saturated rings. The summed E-state index contributed by atoms with van der Waals surface area (Å²) in [4.78, 5) is 24.0. The molecule has 3 amide bonds. The van der Waals surface area contributed by atoms with Crippen molar-refractivity contribution >= 4 is 11.9 Å². The first kappa shape index (κ1) is 13.0. The topological polar surface area (TPSA) is 62.6 Å². The molecule has 0 aliphatic carbocycles. The number of carbonyl (C=O) groups excluding carboxylic acids is 2. The summed E-state index contributed by atoms with van der Waals surface area (Å²) in [5, 5.41) is 4.88. The molecule has 16 heavy (non-hydrogen) atoms. The van der Waals surface area contributed by atoms with Gasteiger partial charge in [-0.15, -0.1) is 0 Å². The summed E-state index contributed by atoms with van der Waals surface area (Å²) >= 11 is 0. The monoisotopic (exact) mass is 228 g/mol. The Hall–Kier alpha value is -1.10. The zero-order chi connectivity index (χ0) is 12.0. The van der Waals surface area contributed by atoms with Gasteiger partial charge in [0.25, 0.3) is 5.91 Å². The highest BCUT2D eigenvalue weighted by Gasteiger charge is 2.24. The Morgan fingerprint density at radius 1 is 1.38 bits per heavy atom. The van der Waals surface area contributed by atoms with Crippen LogP contribution in [0.15, 0.2) is 0 Å². The number of hydrogen-bond acceptors (Lipinski definition) is 2. The summed E-state index contributed by atoms with van der Waals surface area (Å²) in [5.74, 6) is -0.185. The molecular weight excluding hydrogens is 206 g/mol. The molecule has 1 rings (SSSR count). The van der Waals surface area contributed by atoms with E-state index in [1.165, 1.54) is 24.2 Å². The highest BCUT2D eigenvalue weighted by atomic mass is 16.2. The molecule has 0 radical (unpaired) electrons. The lowest BCUT2D eigenvalue weighted by Crippen LogP contribution is -3.17. The molecule has 0 aromatic heterocycles. The van der Waals surface area contributed by atoms with Crippen molar-refractivity contribution < 1.29 is 14.5 Å². The van der Waals surface area contributed by atoms with E-state index in [0.717, 1.165) is 6.54 Å². The maximum absolute atomic E-state index is 11.5. The average Bonchev–Trinajstić information content (AvgIpc) is 2.21. The van der Waals surface area contributed by atoms with E-state index in [1.807, 2.05) is 6.92 Å². The van der Waals surface area contributed by atoms with Crippen LogP contribution in [0, 0.1) is 0 Å². The molecule has 0 saturated carbocycles. The minimum absolute atomic E-state index is 0.185. The SMILES string of the molecule is CCNC(=O)NC(=O)C[NH+]1CCCC[C@@H]1C. The summed E-state index contributed by atoms with van der Waals surface area (Å²) in [6.45, 7) is 5.95. The predicted octanol–water partition coefficient (Wildman–Crippen LogP) is -0.711. The van der Waals surface area contributed by atoms with E-state index in [0.29, 0.717) is 19.1 Å². The van der Waals surface area contributed by atoms with E-state index in [9.17, 15) is 9.59 Å². The molecule has 2 atom stereocenters. The van der Waals surface area contributed by atoms with Gasteiger partial charge in [0.15, 0.2) is 6.54 Å². The van der Waals surface area contributed by atoms with Gasteiger partial charge in [0.2, 0.25) is 0 Å². The molecule has 1 unspecified atom stereocenters. The normalized spacial score (nSPS) is 24.9. The molecule has 1 saturated heterocycles. The number of carbonyl (C=O) groups is 2. The third kappa shape index (κ3) is 4.18. The van der Waals surface area contributed by atoms with Gasteiger partial charge in [0.1, 0.15) is 0 Å². The van der Waals surface area contributed by atoms with Crippen LogP contribution in [0.1, 0.15) is 33.1 Å². The van der Waals surface area contributed by atoms with E-state index < -0.39 is 6.03 Å². The Morgan fingerprint density at radius 3 is 2.75 bits per heavy atom. The fraction of sp³-hybridized carbons (Fsp3) is 0.818. The van der Waals surface area contributed by atoms with Crippen molar-refractivity contribution in [3.05, 3.63) is 0 Å². The van der Waals surface area contributed by atoms with Crippen LogP contribution in [0.4, 0.5) is 4.79 Å². The first-order valence-electron chi connectivity index (χ1n) is 6.05. The molecule has 1 heterocycles. The summed E-state index contributed by atoms with van der Waals surface area (Å²) < 4.78 is 0. The summed E-state index contributed by atoms with van der Waals surface area (Å²) in [6.07, 6.45) is 3.60. The van der Waals surface area contributed by atoms with Crippen LogP contribution in [0.3, 0.4) is 0 Å². The molecule has 5 nitrogen and oxygen atoms in total. The Morgan fingerprint density at radius 2 is 2.12 bits per heavy atom. The number of urea groups is 1. The van der Waals surface area contributed by atoms with Crippen molar-refractivity contribution in [2.45, 2.75) is 39.2 Å². The van der Waals surface area contributed by atoms with E-state index in [4.69, 9.17) is 0 Å². The van der Waals surface area contributed by atoms with Crippen molar-refractivity contribution in [1.29, 1.82) is 0 Å². The quantitative estimate of drug-likeness (QED) is 0.597. The first-order chi connectivity index (χ1) is 7.63. The lowest BCUT2D eigenvalue weighted by Gasteiger charge is -2.29. The van der Waals surface area contributed by atoms with Crippen molar-refractivity contribution in [3.63, 3.8) is 0 Å². The molecule has 1 aliphatic rings. The van der Waals surface area contributed by atoms with Crippen molar-refractivity contribution in [2.24, 2.45) is 0 Å². The van der Waals surface area contributed by atoms with Gasteiger partial charge in [-0.1, -0.05) is 0 Å². The molecular formula is C11H22N3O2+. The van der Waals surface area contributed by atoms with E-state index in [-0.39, 0.29) is 5.91 Å². The molecule has 0 bridgehead atoms. The summed E-state index contributed by atoms with van der Waals surface area (Å²) in [5.41, 5.74) is 0. The zero-order valence-corrected chi connectivity index (χ0v) is 10.1. The minimum Gasteiger partial charge on any atom is -0.338 e. The number of likely N-dealkylation sites (tertiary alicyclic amines) is 1. The van der Waals surface area contributed by atoms with Crippen LogP contribution in [0.2, 0.25) is 0 Å². The molecule has 0 aromatic rings. The maximum atomic E-state index is 11.5. The number of piperidine rings is 1. The highest BCUT2D eigenvalue weighted by molar-refractivity contribution is 5.94. The van der Waals surface area contributed by atoms with E-state index in [2.05, 4.69) is 17.6 Å². The van der Waals surface area contributed by atoms with Gasteiger partial charge in [0, 0.05) is 6.54 Å². The molecule has 5 heteroatoms. The smallest absolute Gasteiger partial charge is 0.321 e.